The van der Waals surface area contributed by atoms with E-state index in [1.807, 2.05) is 30.5 Å². The molecular formula is C16H15N3. The summed E-state index contributed by atoms with van der Waals surface area (Å²) >= 11 is 0. The number of hydrogen-bond acceptors (Lipinski definition) is 3. The van der Waals surface area contributed by atoms with Crippen molar-refractivity contribution < 1.29 is 0 Å². The Kier molecular flexibility index (Phi) is 2.88. The number of benzene rings is 1. The number of para-hydroxylation sites is 1. The van der Waals surface area contributed by atoms with Gasteiger partial charge in [-0.25, -0.2) is 4.98 Å². The molecule has 0 aliphatic rings. The quantitative estimate of drug-likeness (QED) is 0.759. The summed E-state index contributed by atoms with van der Waals surface area (Å²) in [5.74, 6) is 0.563. The molecule has 2 heterocycles. The normalized spacial score (nSPS) is 10.8. The summed E-state index contributed by atoms with van der Waals surface area (Å²) in [6, 6.07) is 14.2. The van der Waals surface area contributed by atoms with E-state index in [0.717, 1.165) is 28.8 Å². The second-order valence-electron chi connectivity index (χ2n) is 4.71. The van der Waals surface area contributed by atoms with E-state index in [9.17, 15) is 0 Å². The summed E-state index contributed by atoms with van der Waals surface area (Å²) in [4.78, 5) is 8.82. The largest absolute Gasteiger partial charge is 0.384 e. The topological polar surface area (TPSA) is 51.8 Å². The van der Waals surface area contributed by atoms with Crippen LogP contribution < -0.4 is 5.73 Å². The number of nitrogens with zero attached hydrogens (tertiary/aromatic N) is 2. The third-order valence-corrected chi connectivity index (χ3v) is 3.27. The number of nitrogens with two attached hydrogens (primary N) is 1. The van der Waals surface area contributed by atoms with Gasteiger partial charge < -0.3 is 5.73 Å². The van der Waals surface area contributed by atoms with Crippen LogP contribution in [0.4, 0.5) is 5.82 Å². The minimum atomic E-state index is 0.563. The smallest absolute Gasteiger partial charge is 0.123 e. The molecule has 0 unspecified atom stereocenters. The van der Waals surface area contributed by atoms with Crippen LogP contribution in [0.3, 0.4) is 0 Å². The molecule has 0 amide bonds. The van der Waals surface area contributed by atoms with E-state index in [-0.39, 0.29) is 0 Å². The molecule has 0 spiro atoms. The Labute approximate surface area is 112 Å². The predicted molar refractivity (Wildman–Crippen MR) is 77.9 cm³/mol. The average Bonchev–Trinajstić information content (AvgIpc) is 2.42. The van der Waals surface area contributed by atoms with Crippen molar-refractivity contribution in [2.24, 2.45) is 0 Å². The standard InChI is InChI=1S/C16H15N3/c1-11-8-16(17)18-10-13(11)9-14-7-6-12-4-2-3-5-15(12)19-14/h2-8,10H,9H2,1H3,(H2,17,18). The van der Waals surface area contributed by atoms with Gasteiger partial charge in [0.15, 0.2) is 0 Å². The van der Waals surface area contributed by atoms with E-state index in [2.05, 4.69) is 35.1 Å². The summed E-state index contributed by atoms with van der Waals surface area (Å²) in [7, 11) is 0. The van der Waals surface area contributed by atoms with Crippen molar-refractivity contribution >= 4 is 16.7 Å². The van der Waals surface area contributed by atoms with Crippen molar-refractivity contribution in [1.82, 2.24) is 9.97 Å². The molecule has 2 aromatic heterocycles. The highest BCUT2D eigenvalue weighted by atomic mass is 14.8. The molecule has 2 N–H and O–H groups in total. The van der Waals surface area contributed by atoms with E-state index in [4.69, 9.17) is 5.73 Å². The Morgan fingerprint density at radius 1 is 1.11 bits per heavy atom. The van der Waals surface area contributed by atoms with Gasteiger partial charge in [-0.1, -0.05) is 24.3 Å². The van der Waals surface area contributed by atoms with Crippen LogP contribution in [-0.2, 0) is 6.42 Å². The van der Waals surface area contributed by atoms with Crippen molar-refractivity contribution in [3.8, 4) is 0 Å². The third kappa shape index (κ3) is 2.40. The van der Waals surface area contributed by atoms with Gasteiger partial charge in [-0.3, -0.25) is 4.98 Å². The zero-order chi connectivity index (χ0) is 13.2. The summed E-state index contributed by atoms with van der Waals surface area (Å²) in [5.41, 5.74) is 10.1. The first-order chi connectivity index (χ1) is 9.22. The number of nitrogen functional groups attached to an aromatic ring is 1. The maximum absolute atomic E-state index is 5.67. The lowest BCUT2D eigenvalue weighted by Gasteiger charge is -2.06. The van der Waals surface area contributed by atoms with E-state index in [0.29, 0.717) is 5.82 Å². The zero-order valence-electron chi connectivity index (χ0n) is 10.8. The fourth-order valence-corrected chi connectivity index (χ4v) is 2.19. The average molecular weight is 249 g/mol. The Bertz CT molecular complexity index is 735. The van der Waals surface area contributed by atoms with Crippen molar-refractivity contribution in [2.75, 3.05) is 5.73 Å². The lowest BCUT2D eigenvalue weighted by atomic mass is 10.1. The van der Waals surface area contributed by atoms with E-state index < -0.39 is 0 Å². The second kappa shape index (κ2) is 4.69. The Morgan fingerprint density at radius 2 is 1.95 bits per heavy atom. The molecular weight excluding hydrogens is 234 g/mol. The van der Waals surface area contributed by atoms with Gasteiger partial charge in [-0.05, 0) is 36.2 Å². The highest BCUT2D eigenvalue weighted by Gasteiger charge is 2.04. The first-order valence-electron chi connectivity index (χ1n) is 6.28. The van der Waals surface area contributed by atoms with Crippen LogP contribution in [-0.4, -0.2) is 9.97 Å². The van der Waals surface area contributed by atoms with Crippen molar-refractivity contribution in [3.63, 3.8) is 0 Å². The number of rotatable bonds is 2. The zero-order valence-corrected chi connectivity index (χ0v) is 10.8. The van der Waals surface area contributed by atoms with Gasteiger partial charge in [0.2, 0.25) is 0 Å². The third-order valence-electron chi connectivity index (χ3n) is 3.27. The minimum Gasteiger partial charge on any atom is -0.384 e. The molecule has 0 fully saturated rings. The van der Waals surface area contributed by atoms with Crippen LogP contribution >= 0.6 is 0 Å². The van der Waals surface area contributed by atoms with Crippen molar-refractivity contribution in [1.29, 1.82) is 0 Å². The van der Waals surface area contributed by atoms with Crippen LogP contribution in [0.25, 0.3) is 10.9 Å². The van der Waals surface area contributed by atoms with Crippen LogP contribution in [0.5, 0.6) is 0 Å². The number of aryl methyl sites for hydroxylation is 1. The lowest BCUT2D eigenvalue weighted by molar-refractivity contribution is 1.06. The molecule has 0 aliphatic carbocycles. The van der Waals surface area contributed by atoms with Crippen LogP contribution in [0, 0.1) is 6.92 Å². The summed E-state index contributed by atoms with van der Waals surface area (Å²) < 4.78 is 0. The molecule has 0 atom stereocenters. The van der Waals surface area contributed by atoms with Crippen LogP contribution in [0.1, 0.15) is 16.8 Å². The maximum atomic E-state index is 5.67. The molecule has 19 heavy (non-hydrogen) atoms. The van der Waals surface area contributed by atoms with E-state index >= 15 is 0 Å². The van der Waals surface area contributed by atoms with Gasteiger partial charge >= 0.3 is 0 Å². The Balaban J connectivity index is 1.96. The molecule has 94 valence electrons. The molecule has 0 bridgehead atoms. The number of pyridine rings is 2. The molecule has 3 rings (SSSR count). The molecule has 0 saturated carbocycles. The first kappa shape index (κ1) is 11.7. The van der Waals surface area contributed by atoms with Gasteiger partial charge in [-0.2, -0.15) is 0 Å². The number of aromatic nitrogens is 2. The van der Waals surface area contributed by atoms with Gasteiger partial charge in [0.25, 0.3) is 0 Å². The summed E-state index contributed by atoms with van der Waals surface area (Å²) in [6.45, 7) is 2.05. The Hall–Kier alpha value is -2.42. The second-order valence-corrected chi connectivity index (χ2v) is 4.71. The van der Waals surface area contributed by atoms with Crippen molar-refractivity contribution in [3.05, 3.63) is 65.5 Å². The number of fused-ring (bicyclic) bond motifs is 1. The molecule has 1 aromatic carbocycles. The predicted octanol–water partition coefficient (Wildman–Crippen LogP) is 3.11. The highest BCUT2D eigenvalue weighted by Crippen LogP contribution is 2.16. The first-order valence-corrected chi connectivity index (χ1v) is 6.28. The fraction of sp³-hybridized carbons (Fsp3) is 0.125. The van der Waals surface area contributed by atoms with Crippen LogP contribution in [0.15, 0.2) is 48.7 Å². The number of anilines is 1. The van der Waals surface area contributed by atoms with E-state index in [1.54, 1.807) is 0 Å². The minimum absolute atomic E-state index is 0.563. The van der Waals surface area contributed by atoms with Gasteiger partial charge in [-0.15, -0.1) is 0 Å². The van der Waals surface area contributed by atoms with Gasteiger partial charge in [0.1, 0.15) is 5.82 Å². The summed E-state index contributed by atoms with van der Waals surface area (Å²) in [6.07, 6.45) is 2.62. The van der Waals surface area contributed by atoms with Crippen LogP contribution in [0.2, 0.25) is 0 Å². The monoisotopic (exact) mass is 249 g/mol. The molecule has 0 saturated heterocycles. The molecule has 3 nitrogen and oxygen atoms in total. The maximum Gasteiger partial charge on any atom is 0.123 e. The van der Waals surface area contributed by atoms with Gasteiger partial charge in [0, 0.05) is 23.7 Å². The van der Waals surface area contributed by atoms with Gasteiger partial charge in [0.05, 0.1) is 5.52 Å². The van der Waals surface area contributed by atoms with E-state index in [1.165, 1.54) is 5.39 Å². The van der Waals surface area contributed by atoms with Crippen molar-refractivity contribution in [2.45, 2.75) is 13.3 Å². The SMILES string of the molecule is Cc1cc(N)ncc1Cc1ccc2ccccc2n1. The Morgan fingerprint density at radius 3 is 2.79 bits per heavy atom. The number of hydrogen-bond donors (Lipinski definition) is 1. The highest BCUT2D eigenvalue weighted by molar-refractivity contribution is 5.78. The lowest BCUT2D eigenvalue weighted by Crippen LogP contribution is -1.98. The molecule has 0 radical (unpaired) electrons. The molecule has 3 heteroatoms. The molecule has 0 aliphatic heterocycles. The fourth-order valence-electron chi connectivity index (χ4n) is 2.19. The summed E-state index contributed by atoms with van der Waals surface area (Å²) in [5, 5.41) is 1.17. The molecule has 3 aromatic rings.